The third-order valence-electron chi connectivity index (χ3n) is 5.72. The Morgan fingerprint density at radius 1 is 1.14 bits per heavy atom. The summed E-state index contributed by atoms with van der Waals surface area (Å²) in [5.74, 6) is 0.469. The van der Waals surface area contributed by atoms with Gasteiger partial charge in [-0.25, -0.2) is 0 Å². The summed E-state index contributed by atoms with van der Waals surface area (Å²) in [7, 11) is 1.95. The van der Waals surface area contributed by atoms with Crippen molar-refractivity contribution < 1.29 is 4.79 Å². The van der Waals surface area contributed by atoms with Crippen LogP contribution in [0.2, 0.25) is 10.0 Å². The molecule has 0 bridgehead atoms. The highest BCUT2D eigenvalue weighted by Gasteiger charge is 2.19. The third kappa shape index (κ3) is 4.58. The smallest absolute Gasteiger partial charge is 0.187 e. The van der Waals surface area contributed by atoms with Gasteiger partial charge in [0.2, 0.25) is 0 Å². The van der Waals surface area contributed by atoms with Gasteiger partial charge in [-0.3, -0.25) is 9.69 Å². The van der Waals surface area contributed by atoms with E-state index in [-0.39, 0.29) is 5.78 Å². The molecule has 3 aromatic rings. The molecule has 3 nitrogen and oxygen atoms in total. The van der Waals surface area contributed by atoms with Gasteiger partial charge in [-0.05, 0) is 67.8 Å². The SMILES string of the molecule is Cn1cc(C(=O)/C=C/C2CCN(Cc3ccccc3Cl)CC2)c2cc(Cl)ccc21. The second-order valence-corrected chi connectivity index (χ2v) is 8.59. The number of ketones is 1. The maximum Gasteiger partial charge on any atom is 0.187 e. The zero-order chi connectivity index (χ0) is 20.4. The fraction of sp³-hybridized carbons (Fsp3) is 0.292. The van der Waals surface area contributed by atoms with Crippen LogP contribution in [0.25, 0.3) is 10.9 Å². The van der Waals surface area contributed by atoms with Crippen LogP contribution in [0.15, 0.2) is 60.8 Å². The summed E-state index contributed by atoms with van der Waals surface area (Å²) in [6, 6.07) is 13.7. The van der Waals surface area contributed by atoms with E-state index >= 15 is 0 Å². The molecule has 0 radical (unpaired) electrons. The molecule has 5 heteroatoms. The first-order chi connectivity index (χ1) is 14.0. The van der Waals surface area contributed by atoms with Gasteiger partial charge in [0.25, 0.3) is 0 Å². The van der Waals surface area contributed by atoms with E-state index in [2.05, 4.69) is 17.0 Å². The molecule has 1 aliphatic rings. The van der Waals surface area contributed by atoms with Crippen molar-refractivity contribution in [1.82, 2.24) is 9.47 Å². The quantitative estimate of drug-likeness (QED) is 0.361. The predicted octanol–water partition coefficient (Wildman–Crippen LogP) is 6.14. The number of rotatable bonds is 5. The Balaban J connectivity index is 1.38. The molecule has 2 aromatic carbocycles. The summed E-state index contributed by atoms with van der Waals surface area (Å²) >= 11 is 12.4. The molecule has 0 aliphatic carbocycles. The Morgan fingerprint density at radius 2 is 1.90 bits per heavy atom. The van der Waals surface area contributed by atoms with Crippen LogP contribution in [0.4, 0.5) is 0 Å². The van der Waals surface area contributed by atoms with Gasteiger partial charge in [0, 0.05) is 46.3 Å². The number of benzene rings is 2. The number of hydrogen-bond donors (Lipinski definition) is 0. The molecule has 4 rings (SSSR count). The Kier molecular flexibility index (Phi) is 6.09. The lowest BCUT2D eigenvalue weighted by Gasteiger charge is -2.30. The van der Waals surface area contributed by atoms with Gasteiger partial charge in [0.15, 0.2) is 5.78 Å². The Bertz CT molecular complexity index is 1060. The first-order valence-electron chi connectivity index (χ1n) is 9.94. The molecule has 0 atom stereocenters. The molecular weight excluding hydrogens is 403 g/mol. The zero-order valence-electron chi connectivity index (χ0n) is 16.4. The highest BCUT2D eigenvalue weighted by atomic mass is 35.5. The summed E-state index contributed by atoms with van der Waals surface area (Å²) in [6.45, 7) is 2.91. The molecule has 1 aliphatic heterocycles. The fourth-order valence-corrected chi connectivity index (χ4v) is 4.41. The Labute approximate surface area is 181 Å². The highest BCUT2D eigenvalue weighted by Crippen LogP contribution is 2.26. The van der Waals surface area contributed by atoms with Crippen molar-refractivity contribution in [2.45, 2.75) is 19.4 Å². The number of piperidine rings is 1. The number of aromatic nitrogens is 1. The second kappa shape index (κ2) is 8.74. The van der Waals surface area contributed by atoms with Gasteiger partial charge in [0.05, 0.1) is 0 Å². The lowest BCUT2D eigenvalue weighted by atomic mass is 9.95. The summed E-state index contributed by atoms with van der Waals surface area (Å²) in [6.07, 6.45) is 7.81. The van der Waals surface area contributed by atoms with Crippen molar-refractivity contribution in [3.63, 3.8) is 0 Å². The molecular formula is C24H24Cl2N2O. The summed E-state index contributed by atoms with van der Waals surface area (Å²) in [5.41, 5.74) is 2.89. The third-order valence-corrected chi connectivity index (χ3v) is 6.32. The lowest BCUT2D eigenvalue weighted by molar-refractivity contribution is 0.104. The maximum atomic E-state index is 12.8. The van der Waals surface area contributed by atoms with Crippen LogP contribution in [-0.2, 0) is 13.6 Å². The molecule has 0 saturated carbocycles. The van der Waals surface area contributed by atoms with E-state index in [1.807, 2.05) is 54.2 Å². The number of hydrogen-bond acceptors (Lipinski definition) is 2. The number of nitrogens with zero attached hydrogens (tertiary/aromatic N) is 2. The maximum absolute atomic E-state index is 12.8. The van der Waals surface area contributed by atoms with E-state index in [4.69, 9.17) is 23.2 Å². The summed E-state index contributed by atoms with van der Waals surface area (Å²) in [4.78, 5) is 15.2. The minimum atomic E-state index is 0.0383. The number of likely N-dealkylation sites (tertiary alicyclic amines) is 1. The van der Waals surface area contributed by atoms with Gasteiger partial charge in [-0.2, -0.15) is 0 Å². The number of carbonyl (C=O) groups is 1. The van der Waals surface area contributed by atoms with E-state index in [1.54, 1.807) is 6.08 Å². The van der Waals surface area contributed by atoms with Crippen LogP contribution < -0.4 is 0 Å². The summed E-state index contributed by atoms with van der Waals surface area (Å²) < 4.78 is 1.97. The lowest BCUT2D eigenvalue weighted by Crippen LogP contribution is -2.32. The van der Waals surface area contributed by atoms with E-state index in [1.165, 1.54) is 5.56 Å². The van der Waals surface area contributed by atoms with Crippen molar-refractivity contribution >= 4 is 39.9 Å². The number of halogens is 2. The molecule has 2 heterocycles. The molecule has 0 unspecified atom stereocenters. The van der Waals surface area contributed by atoms with E-state index in [9.17, 15) is 4.79 Å². The van der Waals surface area contributed by atoms with Crippen molar-refractivity contribution in [2.75, 3.05) is 13.1 Å². The molecule has 1 fully saturated rings. The first kappa shape index (κ1) is 20.2. The minimum absolute atomic E-state index is 0.0383. The molecule has 0 spiro atoms. The number of allylic oxidation sites excluding steroid dienone is 2. The van der Waals surface area contributed by atoms with Gasteiger partial charge < -0.3 is 4.57 Å². The van der Waals surface area contributed by atoms with E-state index in [0.717, 1.165) is 48.4 Å². The normalized spacial score (nSPS) is 16.1. The van der Waals surface area contributed by atoms with Gasteiger partial charge in [-0.1, -0.05) is 47.5 Å². The van der Waals surface area contributed by atoms with Gasteiger partial charge >= 0.3 is 0 Å². The summed E-state index contributed by atoms with van der Waals surface area (Å²) in [5, 5.41) is 2.38. The Morgan fingerprint density at radius 3 is 2.66 bits per heavy atom. The number of fused-ring (bicyclic) bond motifs is 1. The van der Waals surface area contributed by atoms with Gasteiger partial charge in [-0.15, -0.1) is 0 Å². The topological polar surface area (TPSA) is 25.2 Å². The van der Waals surface area contributed by atoms with Crippen molar-refractivity contribution in [3.05, 3.63) is 82.0 Å². The average molecular weight is 427 g/mol. The van der Waals surface area contributed by atoms with Crippen LogP contribution in [0.3, 0.4) is 0 Å². The van der Waals surface area contributed by atoms with E-state index in [0.29, 0.717) is 16.5 Å². The molecule has 1 aromatic heterocycles. The molecule has 0 N–H and O–H groups in total. The molecule has 150 valence electrons. The van der Waals surface area contributed by atoms with Crippen LogP contribution >= 0.6 is 23.2 Å². The zero-order valence-corrected chi connectivity index (χ0v) is 18.0. The largest absolute Gasteiger partial charge is 0.350 e. The van der Waals surface area contributed by atoms with E-state index < -0.39 is 0 Å². The van der Waals surface area contributed by atoms with Crippen LogP contribution in [-0.4, -0.2) is 28.3 Å². The second-order valence-electron chi connectivity index (χ2n) is 7.74. The van der Waals surface area contributed by atoms with Gasteiger partial charge in [0.1, 0.15) is 0 Å². The van der Waals surface area contributed by atoms with Crippen LogP contribution in [0, 0.1) is 5.92 Å². The average Bonchev–Trinajstić information content (AvgIpc) is 3.05. The molecule has 0 amide bonds. The monoisotopic (exact) mass is 426 g/mol. The standard InChI is InChI=1S/C24H24Cl2N2O/c1-27-16-21(20-14-19(25)7-8-23(20)27)24(29)9-6-17-10-12-28(13-11-17)15-18-4-2-3-5-22(18)26/h2-9,14,16-17H,10-13,15H2,1H3/b9-6+. The van der Waals surface area contributed by atoms with Crippen molar-refractivity contribution in [1.29, 1.82) is 0 Å². The highest BCUT2D eigenvalue weighted by molar-refractivity contribution is 6.32. The number of aryl methyl sites for hydroxylation is 1. The number of carbonyl (C=O) groups excluding carboxylic acids is 1. The minimum Gasteiger partial charge on any atom is -0.350 e. The van der Waals surface area contributed by atoms with Crippen LogP contribution in [0.1, 0.15) is 28.8 Å². The van der Waals surface area contributed by atoms with Crippen LogP contribution in [0.5, 0.6) is 0 Å². The molecule has 1 saturated heterocycles. The molecule has 29 heavy (non-hydrogen) atoms. The Hall–Kier alpha value is -2.07. The van der Waals surface area contributed by atoms with Crippen molar-refractivity contribution in [2.24, 2.45) is 13.0 Å². The predicted molar refractivity (Wildman–Crippen MR) is 121 cm³/mol. The first-order valence-corrected chi connectivity index (χ1v) is 10.7. The van der Waals surface area contributed by atoms with Crippen molar-refractivity contribution in [3.8, 4) is 0 Å². The fourth-order valence-electron chi connectivity index (χ4n) is 4.04.